The van der Waals surface area contributed by atoms with Crippen LogP contribution >= 0.6 is 7.60 Å². The minimum Gasteiger partial charge on any atom is -0.434 e. The van der Waals surface area contributed by atoms with Gasteiger partial charge < -0.3 is 19.3 Å². The summed E-state index contributed by atoms with van der Waals surface area (Å²) in [5.74, 6) is 0. The van der Waals surface area contributed by atoms with Crippen LogP contribution in [0.5, 0.6) is 0 Å². The molecule has 7 heteroatoms. The van der Waals surface area contributed by atoms with Gasteiger partial charge in [0.25, 0.3) is 0 Å². The maximum Gasteiger partial charge on any atom is 0.508 e. The number of rotatable bonds is 9. The fourth-order valence-electron chi connectivity index (χ4n) is 1.10. The van der Waals surface area contributed by atoms with Gasteiger partial charge in [-0.1, -0.05) is 25.5 Å². The Labute approximate surface area is 101 Å². The number of unbranched alkanes of at least 4 members (excludes halogenated alkanes) is 3. The van der Waals surface area contributed by atoms with Gasteiger partial charge in [0.15, 0.2) is 0 Å². The molecule has 0 aromatic rings. The number of carbonyl (C=O) groups excluding carboxylic acids is 1. The molecule has 0 fully saturated rings. The zero-order valence-electron chi connectivity index (χ0n) is 9.71. The molecule has 0 aromatic carbocycles. The lowest BCUT2D eigenvalue weighted by atomic mass is 10.2. The largest absolute Gasteiger partial charge is 0.508 e. The lowest BCUT2D eigenvalue weighted by Gasteiger charge is -2.05. The summed E-state index contributed by atoms with van der Waals surface area (Å²) in [7, 11) is -3.86. The molecule has 17 heavy (non-hydrogen) atoms. The second-order valence-electron chi connectivity index (χ2n) is 3.50. The summed E-state index contributed by atoms with van der Waals surface area (Å²) in [6.07, 6.45) is 3.24. The molecule has 0 unspecified atom stereocenters. The van der Waals surface area contributed by atoms with E-state index in [0.29, 0.717) is 19.3 Å². The van der Waals surface area contributed by atoms with Gasteiger partial charge in [0, 0.05) is 6.16 Å². The van der Waals surface area contributed by atoms with Crippen molar-refractivity contribution >= 4 is 13.8 Å². The quantitative estimate of drug-likeness (QED) is 0.287. The van der Waals surface area contributed by atoms with Crippen LogP contribution < -0.4 is 0 Å². The first-order valence-corrected chi connectivity index (χ1v) is 7.20. The Morgan fingerprint density at radius 2 is 1.82 bits per heavy atom. The van der Waals surface area contributed by atoms with Crippen molar-refractivity contribution in [3.8, 4) is 0 Å². The summed E-state index contributed by atoms with van der Waals surface area (Å²) in [5, 5.41) is 0. The van der Waals surface area contributed by atoms with Crippen molar-refractivity contribution in [2.24, 2.45) is 0 Å². The van der Waals surface area contributed by atoms with E-state index in [9.17, 15) is 9.36 Å². The maximum atomic E-state index is 10.8. The Balaban J connectivity index is 3.26. The Morgan fingerprint density at radius 3 is 2.41 bits per heavy atom. The molecule has 0 radical (unpaired) electrons. The predicted octanol–water partition coefficient (Wildman–Crippen LogP) is 2.06. The average molecular weight is 266 g/mol. The predicted molar refractivity (Wildman–Crippen MR) is 62.9 cm³/mol. The summed E-state index contributed by atoms with van der Waals surface area (Å²) in [6.45, 7) is 3.77. The van der Waals surface area contributed by atoms with Gasteiger partial charge >= 0.3 is 13.8 Å². The number of carbonyl (C=O) groups is 1. The van der Waals surface area contributed by atoms with Crippen LogP contribution in [0, 0.1) is 0 Å². The van der Waals surface area contributed by atoms with E-state index in [-0.39, 0.29) is 19.4 Å². The van der Waals surface area contributed by atoms with Crippen LogP contribution in [0.2, 0.25) is 0 Å². The smallest absolute Gasteiger partial charge is 0.434 e. The van der Waals surface area contributed by atoms with Crippen LogP contribution in [0.4, 0.5) is 4.79 Å². The van der Waals surface area contributed by atoms with Gasteiger partial charge in [-0.15, -0.1) is 0 Å². The molecule has 0 saturated carbocycles. The second kappa shape index (κ2) is 9.22. The van der Waals surface area contributed by atoms with Gasteiger partial charge in [-0.2, -0.15) is 0 Å². The first kappa shape index (κ1) is 16.2. The molecule has 0 bridgehead atoms. The van der Waals surface area contributed by atoms with Crippen molar-refractivity contribution in [3.05, 3.63) is 12.7 Å². The number of hydrogen-bond acceptors (Lipinski definition) is 4. The molecule has 2 N–H and O–H groups in total. The zero-order chi connectivity index (χ0) is 13.1. The lowest BCUT2D eigenvalue weighted by molar-refractivity contribution is 0.0620. The third-order valence-corrected chi connectivity index (χ3v) is 2.78. The van der Waals surface area contributed by atoms with Crippen LogP contribution in [0.15, 0.2) is 12.7 Å². The van der Waals surface area contributed by atoms with E-state index in [2.05, 4.69) is 11.3 Å². The van der Waals surface area contributed by atoms with Crippen LogP contribution in [-0.4, -0.2) is 35.3 Å². The Bertz CT molecular complexity index is 272. The van der Waals surface area contributed by atoms with E-state index in [0.717, 1.165) is 6.42 Å². The highest BCUT2D eigenvalue weighted by atomic mass is 31.2. The molecule has 0 aliphatic heterocycles. The molecule has 0 atom stereocenters. The topological polar surface area (TPSA) is 93.1 Å². The molecule has 0 amide bonds. The van der Waals surface area contributed by atoms with Gasteiger partial charge in [0.2, 0.25) is 0 Å². The third-order valence-electron chi connectivity index (χ3n) is 1.88. The van der Waals surface area contributed by atoms with E-state index in [4.69, 9.17) is 14.5 Å². The van der Waals surface area contributed by atoms with Gasteiger partial charge in [-0.3, -0.25) is 4.57 Å². The van der Waals surface area contributed by atoms with Crippen molar-refractivity contribution in [2.45, 2.75) is 25.7 Å². The molecule has 0 aliphatic rings. The van der Waals surface area contributed by atoms with Gasteiger partial charge in [0.05, 0.1) is 6.61 Å². The van der Waals surface area contributed by atoms with Crippen molar-refractivity contribution in [1.29, 1.82) is 0 Å². The second-order valence-corrected chi connectivity index (χ2v) is 5.28. The van der Waals surface area contributed by atoms with Crippen molar-refractivity contribution < 1.29 is 28.6 Å². The van der Waals surface area contributed by atoms with Crippen LogP contribution in [0.25, 0.3) is 0 Å². The van der Waals surface area contributed by atoms with E-state index in [1.165, 1.54) is 6.08 Å². The normalized spacial score (nSPS) is 10.9. The highest BCUT2D eigenvalue weighted by molar-refractivity contribution is 7.51. The van der Waals surface area contributed by atoms with Crippen molar-refractivity contribution in [3.63, 3.8) is 0 Å². The fourth-order valence-corrected chi connectivity index (χ4v) is 1.73. The Hall–Kier alpha value is -0.840. The number of ether oxygens (including phenoxy) is 2. The monoisotopic (exact) mass is 266 g/mol. The highest BCUT2D eigenvalue weighted by Gasteiger charge is 2.11. The van der Waals surface area contributed by atoms with Crippen LogP contribution in [0.1, 0.15) is 25.7 Å². The standard InChI is InChI=1S/C10H19O6P/c1-2-7-15-10(11)16-8-5-3-4-6-9-17(12,13)14/h2H,1,3-9H2,(H2,12,13,14). The fraction of sp³-hybridized carbons (Fsp3) is 0.700. The molecule has 100 valence electrons. The molecular weight excluding hydrogens is 247 g/mol. The van der Waals surface area contributed by atoms with E-state index in [1.54, 1.807) is 0 Å². The highest BCUT2D eigenvalue weighted by Crippen LogP contribution is 2.35. The summed E-state index contributed by atoms with van der Waals surface area (Å²) in [5.41, 5.74) is 0. The van der Waals surface area contributed by atoms with Crippen molar-refractivity contribution in [2.75, 3.05) is 19.4 Å². The lowest BCUT2D eigenvalue weighted by Crippen LogP contribution is -2.08. The molecule has 6 nitrogen and oxygen atoms in total. The molecule has 0 rings (SSSR count). The third kappa shape index (κ3) is 13.1. The Morgan fingerprint density at radius 1 is 1.18 bits per heavy atom. The number of hydrogen-bond donors (Lipinski definition) is 2. The van der Waals surface area contributed by atoms with Crippen molar-refractivity contribution in [1.82, 2.24) is 0 Å². The zero-order valence-corrected chi connectivity index (χ0v) is 10.6. The van der Waals surface area contributed by atoms with E-state index >= 15 is 0 Å². The maximum absolute atomic E-state index is 10.8. The summed E-state index contributed by atoms with van der Waals surface area (Å²) >= 11 is 0. The summed E-state index contributed by atoms with van der Waals surface area (Å²) < 4.78 is 19.8. The first-order valence-electron chi connectivity index (χ1n) is 5.41. The average Bonchev–Trinajstić information content (AvgIpc) is 2.23. The minimum absolute atomic E-state index is 0.0881. The minimum atomic E-state index is -3.86. The molecule has 0 heterocycles. The molecule has 0 spiro atoms. The summed E-state index contributed by atoms with van der Waals surface area (Å²) in [4.78, 5) is 28.0. The molecular formula is C10H19O6P. The van der Waals surface area contributed by atoms with Gasteiger partial charge in [-0.05, 0) is 12.8 Å². The first-order chi connectivity index (χ1) is 7.95. The van der Waals surface area contributed by atoms with E-state index in [1.807, 2.05) is 0 Å². The SMILES string of the molecule is C=CCOC(=O)OCCCCCCP(=O)(O)O. The van der Waals surface area contributed by atoms with Crippen LogP contribution in [-0.2, 0) is 14.0 Å². The molecule has 0 saturated heterocycles. The Kier molecular flexibility index (Phi) is 8.76. The van der Waals surface area contributed by atoms with E-state index < -0.39 is 13.8 Å². The van der Waals surface area contributed by atoms with Crippen LogP contribution in [0.3, 0.4) is 0 Å². The molecule has 0 aliphatic carbocycles. The van der Waals surface area contributed by atoms with Gasteiger partial charge in [0.1, 0.15) is 6.61 Å². The van der Waals surface area contributed by atoms with Gasteiger partial charge in [-0.25, -0.2) is 4.79 Å². The summed E-state index contributed by atoms with van der Waals surface area (Å²) in [6, 6.07) is 0. The molecule has 0 aromatic heterocycles.